The molecule has 0 fully saturated rings. The van der Waals surface area contributed by atoms with Crippen molar-refractivity contribution in [2.45, 2.75) is 360 Å². The lowest BCUT2D eigenvalue weighted by molar-refractivity contribution is -0.161. The summed E-state index contributed by atoms with van der Waals surface area (Å²) in [5.41, 5.74) is 0. The third kappa shape index (κ3) is 85.6. The molecule has 111 heavy (non-hydrogen) atoms. The highest BCUT2D eigenvalue weighted by Gasteiger charge is 2.29. The molecule has 16 nitrogen and oxygen atoms in total. The SMILES string of the molecule is CC/C=C\C/C=C\C/C=C\C/C=C\C/C=C\CCCCCCCCCCCCCCCCCC(=O)OCC(O)COP(=O)(O)OCC(O)COP(=O)(O)OCC(COC(=O)CCCCCCCCC/C=C\C/C=C\C/C=C\C/C=C\C/C=C\CC)OC(=O)CCCCCCC/C=C\C/C=C\C/C=C\C/C=C\CCCCC. The normalized spacial score (nSPS) is 14.7. The average Bonchev–Trinajstić information content (AvgIpc) is 0.900. The van der Waals surface area contributed by atoms with E-state index >= 15 is 0 Å². The average molecular weight is 1590 g/mol. The molecule has 0 aromatic heterocycles. The van der Waals surface area contributed by atoms with Gasteiger partial charge in [-0.1, -0.05) is 339 Å². The molecule has 0 aromatic rings. The van der Waals surface area contributed by atoms with Crippen molar-refractivity contribution in [2.75, 3.05) is 39.6 Å². The number of hydrogen-bond donors (Lipinski definition) is 4. The van der Waals surface area contributed by atoms with Crippen LogP contribution in [0.1, 0.15) is 342 Å². The second-order valence-corrected chi connectivity index (χ2v) is 31.5. The molecule has 0 aliphatic carbocycles. The summed E-state index contributed by atoms with van der Waals surface area (Å²) in [5.74, 6) is -1.61. The number of hydrogen-bond acceptors (Lipinski definition) is 14. The van der Waals surface area contributed by atoms with Gasteiger partial charge in [0.15, 0.2) is 6.10 Å². The number of carbonyl (C=O) groups is 3. The molecule has 0 rings (SSSR count). The number of unbranched alkanes of at least 4 members (excludes halogenated alkanes) is 30. The summed E-state index contributed by atoms with van der Waals surface area (Å²) in [7, 11) is -9.82. The number of carbonyl (C=O) groups excluding carboxylic acids is 3. The summed E-state index contributed by atoms with van der Waals surface area (Å²) in [5, 5.41) is 20.7. The zero-order chi connectivity index (χ0) is 80.8. The molecule has 4 N–H and O–H groups in total. The Hall–Kier alpha value is -5.09. The van der Waals surface area contributed by atoms with Crippen LogP contribution in [0.25, 0.3) is 0 Å². The summed E-state index contributed by atoms with van der Waals surface area (Å²) in [6.45, 7) is 2.41. The zero-order valence-electron chi connectivity index (χ0n) is 69.6. The molecule has 0 aliphatic heterocycles. The maximum Gasteiger partial charge on any atom is 0.472 e. The first-order valence-corrected chi connectivity index (χ1v) is 46.4. The Balaban J connectivity index is 4.61. The minimum atomic E-state index is -4.95. The van der Waals surface area contributed by atoms with Crippen LogP contribution in [0.4, 0.5) is 0 Å². The Kier molecular flexibility index (Phi) is 80.4. The van der Waals surface area contributed by atoms with Crippen LogP contribution in [-0.2, 0) is 55.8 Å². The van der Waals surface area contributed by atoms with Crippen LogP contribution < -0.4 is 0 Å². The number of esters is 3. The molecule has 0 aromatic carbocycles. The van der Waals surface area contributed by atoms with Crippen LogP contribution in [0, 0.1) is 0 Å². The second-order valence-electron chi connectivity index (χ2n) is 28.6. The minimum absolute atomic E-state index is 0.0758. The van der Waals surface area contributed by atoms with Gasteiger partial charge in [0.25, 0.3) is 0 Å². The van der Waals surface area contributed by atoms with Gasteiger partial charge in [-0.2, -0.15) is 0 Å². The van der Waals surface area contributed by atoms with Crippen LogP contribution in [0.2, 0.25) is 0 Å². The lowest BCUT2D eigenvalue weighted by atomic mass is 10.0. The first kappa shape index (κ1) is 106. The Morgan fingerprint density at radius 2 is 0.477 bits per heavy atom. The third-order valence-electron chi connectivity index (χ3n) is 17.9. The van der Waals surface area contributed by atoms with Crippen LogP contribution >= 0.6 is 15.6 Å². The van der Waals surface area contributed by atoms with Gasteiger partial charge < -0.3 is 34.2 Å². The molecule has 0 heterocycles. The van der Waals surface area contributed by atoms with E-state index in [9.17, 15) is 43.5 Å². The molecule has 5 atom stereocenters. The Morgan fingerprint density at radius 1 is 0.261 bits per heavy atom. The number of rotatable bonds is 81. The molecule has 634 valence electrons. The summed E-state index contributed by atoms with van der Waals surface area (Å²) in [6.07, 6.45) is 108. The van der Waals surface area contributed by atoms with E-state index in [2.05, 4.69) is 191 Å². The van der Waals surface area contributed by atoms with Gasteiger partial charge in [-0.3, -0.25) is 32.5 Å². The molecule has 18 heteroatoms. The maximum atomic E-state index is 13.0. The van der Waals surface area contributed by atoms with Crippen molar-refractivity contribution in [2.24, 2.45) is 0 Å². The summed E-state index contributed by atoms with van der Waals surface area (Å²) < 4.78 is 61.3. The maximum absolute atomic E-state index is 13.0. The van der Waals surface area contributed by atoms with Crippen molar-refractivity contribution < 1.29 is 75.8 Å². The fourth-order valence-electron chi connectivity index (χ4n) is 11.4. The predicted molar refractivity (Wildman–Crippen MR) is 463 cm³/mol. The third-order valence-corrected chi connectivity index (χ3v) is 19.8. The van der Waals surface area contributed by atoms with E-state index in [0.29, 0.717) is 19.3 Å². The highest BCUT2D eigenvalue weighted by Crippen LogP contribution is 2.45. The van der Waals surface area contributed by atoms with Gasteiger partial charge in [0.05, 0.1) is 26.4 Å². The van der Waals surface area contributed by atoms with Gasteiger partial charge in [-0.25, -0.2) is 9.13 Å². The van der Waals surface area contributed by atoms with Crippen molar-refractivity contribution in [3.8, 4) is 0 Å². The Labute approximate surface area is 675 Å². The largest absolute Gasteiger partial charge is 0.472 e. The van der Waals surface area contributed by atoms with E-state index < -0.39 is 91.5 Å². The number of ether oxygens (including phenoxy) is 3. The number of allylic oxidation sites excluding steroid dienone is 28. The first-order valence-electron chi connectivity index (χ1n) is 43.4. The molecule has 5 unspecified atom stereocenters. The van der Waals surface area contributed by atoms with E-state index in [4.69, 9.17) is 32.3 Å². The quantitative estimate of drug-likeness (QED) is 0.0146. The molecular formula is C93H156O16P2. The van der Waals surface area contributed by atoms with Crippen LogP contribution in [-0.4, -0.2) is 95.9 Å². The fraction of sp³-hybridized carbons (Fsp3) is 0.667. The van der Waals surface area contributed by atoms with E-state index in [-0.39, 0.29) is 19.3 Å². The fourth-order valence-corrected chi connectivity index (χ4v) is 13.0. The summed E-state index contributed by atoms with van der Waals surface area (Å²) in [4.78, 5) is 58.9. The topological polar surface area (TPSA) is 231 Å². The van der Waals surface area contributed by atoms with Crippen molar-refractivity contribution in [1.29, 1.82) is 0 Å². The molecule has 0 saturated carbocycles. The van der Waals surface area contributed by atoms with Crippen molar-refractivity contribution >= 4 is 33.6 Å². The first-order chi connectivity index (χ1) is 54.2. The van der Waals surface area contributed by atoms with Crippen LogP contribution in [0.15, 0.2) is 170 Å². The smallest absolute Gasteiger partial charge is 0.463 e. The van der Waals surface area contributed by atoms with E-state index in [1.54, 1.807) is 0 Å². The summed E-state index contributed by atoms with van der Waals surface area (Å²) in [6, 6.07) is 0. The van der Waals surface area contributed by atoms with E-state index in [1.807, 2.05) is 0 Å². The monoisotopic (exact) mass is 1590 g/mol. The standard InChI is InChI=1S/C93H156O16P2/c1-4-7-10-13-16-19-22-25-28-31-34-37-39-40-41-42-43-44-45-46-48-51-52-55-58-61-64-67-70-73-76-79-91(96)103-82-88(94)83-105-110(99,100)106-84-89(95)85-107-111(101,102)108-87-90(109-93(98)81-78-75-72-69-66-63-60-57-54-49-36-33-30-27-24-21-18-15-12-9-6-3)86-104-92(97)80-77-74-71-68-65-62-59-56-53-50-47-38-35-32-29-26-23-20-17-14-11-8-5-2/h7-8,10-11,16-21,25-30,34-38,40-41,49-50,53,57,60,88-90,94-95H,4-6,9,12-15,22-24,31-33,39,42-48,51-52,54-56,58-59,61-87H2,1-3H3,(H,99,100)(H,101,102)/b10-7-,11-8-,19-16-,20-17-,21-18-,28-25-,29-26-,30-27-,37-34-,38-35-,41-40-,49-36-,53-50-,60-57-. The number of aliphatic hydroxyl groups excluding tert-OH is 2. The van der Waals surface area contributed by atoms with Gasteiger partial charge in [0, 0.05) is 19.3 Å². The highest BCUT2D eigenvalue weighted by atomic mass is 31.2. The van der Waals surface area contributed by atoms with Gasteiger partial charge in [0.2, 0.25) is 0 Å². The number of phosphoric acid groups is 2. The summed E-state index contributed by atoms with van der Waals surface area (Å²) >= 11 is 0. The Morgan fingerprint density at radius 3 is 0.757 bits per heavy atom. The van der Waals surface area contributed by atoms with E-state index in [0.717, 1.165) is 186 Å². The molecule has 0 amide bonds. The van der Waals surface area contributed by atoms with Crippen molar-refractivity contribution in [3.05, 3.63) is 170 Å². The number of aliphatic hydroxyl groups is 2. The molecule has 0 bridgehead atoms. The molecular weight excluding hydrogens is 1430 g/mol. The molecule has 0 radical (unpaired) electrons. The zero-order valence-corrected chi connectivity index (χ0v) is 71.4. The van der Waals surface area contributed by atoms with Crippen LogP contribution in [0.3, 0.4) is 0 Å². The van der Waals surface area contributed by atoms with Crippen molar-refractivity contribution in [3.63, 3.8) is 0 Å². The number of phosphoric ester groups is 2. The molecule has 0 saturated heterocycles. The molecule has 0 aliphatic rings. The van der Waals surface area contributed by atoms with Gasteiger partial charge in [-0.05, 0) is 154 Å². The molecule has 0 spiro atoms. The lowest BCUT2D eigenvalue weighted by Gasteiger charge is -2.21. The predicted octanol–water partition coefficient (Wildman–Crippen LogP) is 26.3. The second kappa shape index (κ2) is 84.3. The van der Waals surface area contributed by atoms with Gasteiger partial charge >= 0.3 is 33.6 Å². The lowest BCUT2D eigenvalue weighted by Crippen LogP contribution is -2.30. The van der Waals surface area contributed by atoms with Crippen molar-refractivity contribution in [1.82, 2.24) is 0 Å². The van der Waals surface area contributed by atoms with Gasteiger partial charge in [-0.15, -0.1) is 0 Å². The van der Waals surface area contributed by atoms with Gasteiger partial charge in [0.1, 0.15) is 25.4 Å². The van der Waals surface area contributed by atoms with Crippen LogP contribution in [0.5, 0.6) is 0 Å². The van der Waals surface area contributed by atoms with E-state index in [1.165, 1.54) is 96.3 Å². The highest BCUT2D eigenvalue weighted by molar-refractivity contribution is 7.47. The Bertz CT molecular complexity index is 2700. The minimum Gasteiger partial charge on any atom is -0.463 e.